The third-order valence-electron chi connectivity index (χ3n) is 3.76. The first-order valence-corrected chi connectivity index (χ1v) is 7.41. The van der Waals surface area contributed by atoms with E-state index in [1.54, 1.807) is 12.1 Å². The molecule has 0 saturated carbocycles. The van der Waals surface area contributed by atoms with Gasteiger partial charge in [0.1, 0.15) is 5.82 Å². The number of aromatic nitrogens is 3. The lowest BCUT2D eigenvalue weighted by Crippen LogP contribution is -2.01. The van der Waals surface area contributed by atoms with Crippen LogP contribution in [0.25, 0.3) is 11.4 Å². The Labute approximate surface area is 133 Å². The summed E-state index contributed by atoms with van der Waals surface area (Å²) in [6, 6.07) is 16.4. The van der Waals surface area contributed by atoms with Crippen LogP contribution in [-0.4, -0.2) is 20.1 Å². The molecule has 23 heavy (non-hydrogen) atoms. The Morgan fingerprint density at radius 3 is 2.65 bits per heavy atom. The molecule has 1 atom stereocenters. The molecule has 1 N–H and O–H groups in total. The maximum Gasteiger partial charge on any atom is 0.270 e. The number of aromatic amines is 1. The van der Waals surface area contributed by atoms with Crippen LogP contribution in [0.3, 0.4) is 0 Å². The van der Waals surface area contributed by atoms with Crippen LogP contribution in [0.2, 0.25) is 0 Å². The Kier molecular flexibility index (Phi) is 4.14. The second-order valence-corrected chi connectivity index (χ2v) is 5.22. The molecule has 0 spiro atoms. The molecule has 116 valence electrons. The molecule has 0 fully saturated rings. The van der Waals surface area contributed by atoms with Gasteiger partial charge in [0.15, 0.2) is 5.82 Å². The first-order valence-electron chi connectivity index (χ1n) is 7.41. The van der Waals surface area contributed by atoms with Crippen molar-refractivity contribution in [3.8, 4) is 11.4 Å². The van der Waals surface area contributed by atoms with Crippen molar-refractivity contribution in [1.82, 2.24) is 15.2 Å². The quantitative estimate of drug-likeness (QED) is 0.572. The zero-order valence-electron chi connectivity index (χ0n) is 12.6. The highest BCUT2D eigenvalue weighted by atomic mass is 16.6. The lowest BCUT2D eigenvalue weighted by atomic mass is 9.96. The standard InChI is InChI=1S/C17H16N4O2/c1-2-15(12-7-4-3-5-8-12)17-18-16(19-20-17)13-9-6-10-14(11-13)21(22)23/h3-11,15H,2H2,1H3,(H,18,19,20). The van der Waals surface area contributed by atoms with E-state index in [1.807, 2.05) is 18.2 Å². The zero-order valence-corrected chi connectivity index (χ0v) is 12.6. The minimum Gasteiger partial charge on any atom is -0.262 e. The molecular weight excluding hydrogens is 292 g/mol. The number of non-ortho nitro benzene ring substituents is 1. The van der Waals surface area contributed by atoms with E-state index in [0.29, 0.717) is 11.4 Å². The molecule has 6 nitrogen and oxygen atoms in total. The van der Waals surface area contributed by atoms with Crippen LogP contribution in [0.4, 0.5) is 5.69 Å². The molecule has 0 bridgehead atoms. The number of rotatable bonds is 5. The topological polar surface area (TPSA) is 84.7 Å². The van der Waals surface area contributed by atoms with Crippen molar-refractivity contribution in [3.63, 3.8) is 0 Å². The molecule has 3 aromatic rings. The molecule has 0 saturated heterocycles. The zero-order chi connectivity index (χ0) is 16.2. The largest absolute Gasteiger partial charge is 0.270 e. The molecule has 0 aliphatic rings. The van der Waals surface area contributed by atoms with Crippen LogP contribution < -0.4 is 0 Å². The predicted molar refractivity (Wildman–Crippen MR) is 87.0 cm³/mol. The minimum absolute atomic E-state index is 0.0314. The van der Waals surface area contributed by atoms with Crippen molar-refractivity contribution >= 4 is 5.69 Å². The second kappa shape index (κ2) is 6.39. The molecule has 1 heterocycles. The van der Waals surface area contributed by atoms with Crippen molar-refractivity contribution in [3.05, 3.63) is 76.1 Å². The van der Waals surface area contributed by atoms with Crippen LogP contribution in [0, 0.1) is 10.1 Å². The smallest absolute Gasteiger partial charge is 0.262 e. The highest BCUT2D eigenvalue weighted by molar-refractivity contribution is 5.58. The monoisotopic (exact) mass is 308 g/mol. The number of nitrogens with zero attached hydrogens (tertiary/aromatic N) is 3. The van der Waals surface area contributed by atoms with E-state index in [4.69, 9.17) is 0 Å². The van der Waals surface area contributed by atoms with E-state index < -0.39 is 4.92 Å². The third-order valence-corrected chi connectivity index (χ3v) is 3.76. The summed E-state index contributed by atoms with van der Waals surface area (Å²) < 4.78 is 0. The SMILES string of the molecule is CCC(c1ccccc1)c1nc(-c2cccc([N+](=O)[O-])c2)n[nH]1. The van der Waals surface area contributed by atoms with E-state index in [0.717, 1.165) is 17.8 Å². The Hall–Kier alpha value is -3.02. The van der Waals surface area contributed by atoms with Crippen LogP contribution >= 0.6 is 0 Å². The summed E-state index contributed by atoms with van der Waals surface area (Å²) in [7, 11) is 0. The highest BCUT2D eigenvalue weighted by Crippen LogP contribution is 2.27. The minimum atomic E-state index is -0.421. The van der Waals surface area contributed by atoms with Gasteiger partial charge in [0.25, 0.3) is 5.69 Å². The van der Waals surface area contributed by atoms with E-state index in [-0.39, 0.29) is 11.6 Å². The molecule has 3 rings (SSSR count). The lowest BCUT2D eigenvalue weighted by Gasteiger charge is -2.11. The Balaban J connectivity index is 1.94. The summed E-state index contributed by atoms with van der Waals surface area (Å²) in [5.74, 6) is 1.36. The average Bonchev–Trinajstić information content (AvgIpc) is 3.06. The number of benzene rings is 2. The summed E-state index contributed by atoms with van der Waals surface area (Å²) in [4.78, 5) is 15.0. The van der Waals surface area contributed by atoms with Crippen molar-refractivity contribution in [2.24, 2.45) is 0 Å². The highest BCUT2D eigenvalue weighted by Gasteiger charge is 2.18. The molecule has 1 unspecified atom stereocenters. The number of nitrogens with one attached hydrogen (secondary N) is 1. The van der Waals surface area contributed by atoms with Crippen LogP contribution in [0.15, 0.2) is 54.6 Å². The van der Waals surface area contributed by atoms with Gasteiger partial charge in [0.05, 0.1) is 4.92 Å². The molecule has 0 aliphatic carbocycles. The van der Waals surface area contributed by atoms with Crippen LogP contribution in [-0.2, 0) is 0 Å². The van der Waals surface area contributed by atoms with Gasteiger partial charge in [-0.25, -0.2) is 4.98 Å². The van der Waals surface area contributed by atoms with Gasteiger partial charge in [0.2, 0.25) is 0 Å². The number of hydrogen-bond acceptors (Lipinski definition) is 4. The predicted octanol–water partition coefficient (Wildman–Crippen LogP) is 3.92. The van der Waals surface area contributed by atoms with Gasteiger partial charge in [-0.2, -0.15) is 5.10 Å². The summed E-state index contributed by atoms with van der Waals surface area (Å²) in [5, 5.41) is 18.1. The number of nitro benzene ring substituents is 1. The summed E-state index contributed by atoms with van der Waals surface area (Å²) in [6.45, 7) is 2.09. The van der Waals surface area contributed by atoms with Crippen LogP contribution in [0.5, 0.6) is 0 Å². The molecular formula is C17H16N4O2. The van der Waals surface area contributed by atoms with Crippen molar-refractivity contribution in [1.29, 1.82) is 0 Å². The van der Waals surface area contributed by atoms with Gasteiger partial charge in [-0.3, -0.25) is 15.2 Å². The van der Waals surface area contributed by atoms with Gasteiger partial charge in [-0.1, -0.05) is 49.4 Å². The number of H-pyrrole nitrogens is 1. The van der Waals surface area contributed by atoms with E-state index in [1.165, 1.54) is 12.1 Å². The Morgan fingerprint density at radius 1 is 1.17 bits per heavy atom. The molecule has 0 aliphatic heterocycles. The first kappa shape index (κ1) is 14.9. The van der Waals surface area contributed by atoms with E-state index in [9.17, 15) is 10.1 Å². The molecule has 0 radical (unpaired) electrons. The molecule has 1 aromatic heterocycles. The third kappa shape index (κ3) is 3.11. The molecule has 2 aromatic carbocycles. The first-order chi connectivity index (χ1) is 11.2. The fraction of sp³-hybridized carbons (Fsp3) is 0.176. The van der Waals surface area contributed by atoms with E-state index in [2.05, 4.69) is 34.2 Å². The maximum atomic E-state index is 10.9. The number of hydrogen-bond donors (Lipinski definition) is 1. The fourth-order valence-electron chi connectivity index (χ4n) is 2.59. The van der Waals surface area contributed by atoms with Gasteiger partial charge in [0, 0.05) is 23.6 Å². The van der Waals surface area contributed by atoms with Crippen molar-refractivity contribution in [2.45, 2.75) is 19.3 Å². The molecule has 0 amide bonds. The lowest BCUT2D eigenvalue weighted by molar-refractivity contribution is -0.384. The number of nitro groups is 1. The average molecular weight is 308 g/mol. The van der Waals surface area contributed by atoms with Crippen molar-refractivity contribution in [2.75, 3.05) is 0 Å². The van der Waals surface area contributed by atoms with Crippen molar-refractivity contribution < 1.29 is 4.92 Å². The normalized spacial score (nSPS) is 12.0. The summed E-state index contributed by atoms with van der Waals surface area (Å²) in [6.07, 6.45) is 0.883. The molecule has 6 heteroatoms. The van der Waals surface area contributed by atoms with Gasteiger partial charge < -0.3 is 0 Å². The summed E-state index contributed by atoms with van der Waals surface area (Å²) in [5.41, 5.74) is 1.82. The van der Waals surface area contributed by atoms with Gasteiger partial charge in [-0.15, -0.1) is 0 Å². The van der Waals surface area contributed by atoms with Gasteiger partial charge >= 0.3 is 0 Å². The maximum absolute atomic E-state index is 10.9. The summed E-state index contributed by atoms with van der Waals surface area (Å²) >= 11 is 0. The Bertz CT molecular complexity index is 814. The van der Waals surface area contributed by atoms with Crippen LogP contribution in [0.1, 0.15) is 30.7 Å². The Morgan fingerprint density at radius 2 is 1.96 bits per heavy atom. The second-order valence-electron chi connectivity index (χ2n) is 5.22. The van der Waals surface area contributed by atoms with E-state index >= 15 is 0 Å². The fourth-order valence-corrected chi connectivity index (χ4v) is 2.59. The van der Waals surface area contributed by atoms with Gasteiger partial charge in [-0.05, 0) is 12.0 Å².